The van der Waals surface area contributed by atoms with Gasteiger partial charge in [0.2, 0.25) is 0 Å². The molecule has 1 saturated heterocycles. The molecule has 2 rings (SSSR count). The van der Waals surface area contributed by atoms with Crippen molar-refractivity contribution in [1.82, 2.24) is 10.1 Å². The average Bonchev–Trinajstić information content (AvgIpc) is 2.82. The molecule has 18 heavy (non-hydrogen) atoms. The van der Waals surface area contributed by atoms with Gasteiger partial charge in [-0.15, -0.1) is 11.8 Å². The molecule has 0 amide bonds. The van der Waals surface area contributed by atoms with E-state index in [4.69, 9.17) is 9.26 Å². The SMILES string of the molecule is COCCNc1nc(C2CSC(C)C(C)S2)no1. The molecule has 5 nitrogen and oxygen atoms in total. The van der Waals surface area contributed by atoms with Crippen molar-refractivity contribution in [2.24, 2.45) is 0 Å². The molecule has 3 unspecified atom stereocenters. The van der Waals surface area contributed by atoms with Gasteiger partial charge in [-0.1, -0.05) is 19.0 Å². The van der Waals surface area contributed by atoms with Crippen molar-refractivity contribution in [3.05, 3.63) is 5.82 Å². The zero-order valence-electron chi connectivity index (χ0n) is 10.9. The molecule has 3 atom stereocenters. The fraction of sp³-hybridized carbons (Fsp3) is 0.818. The zero-order valence-corrected chi connectivity index (χ0v) is 12.5. The Morgan fingerprint density at radius 3 is 3.00 bits per heavy atom. The van der Waals surface area contributed by atoms with Gasteiger partial charge in [-0.25, -0.2) is 0 Å². The van der Waals surface area contributed by atoms with Crippen LogP contribution in [0.15, 0.2) is 4.52 Å². The molecule has 1 N–H and O–H groups in total. The normalized spacial score (nSPS) is 28.3. The average molecular weight is 289 g/mol. The molecular weight excluding hydrogens is 270 g/mol. The lowest BCUT2D eigenvalue weighted by atomic mass is 10.3. The molecule has 1 aromatic rings. The summed E-state index contributed by atoms with van der Waals surface area (Å²) in [6, 6.07) is 0.485. The first kappa shape index (κ1) is 14.0. The molecule has 0 radical (unpaired) electrons. The van der Waals surface area contributed by atoms with Crippen LogP contribution in [0.2, 0.25) is 0 Å². The van der Waals surface area contributed by atoms with Crippen LogP contribution in [0, 0.1) is 0 Å². The van der Waals surface area contributed by atoms with E-state index in [9.17, 15) is 0 Å². The van der Waals surface area contributed by atoms with Crippen LogP contribution in [-0.4, -0.2) is 46.7 Å². The van der Waals surface area contributed by atoms with Gasteiger partial charge in [0.05, 0.1) is 11.9 Å². The number of hydrogen-bond donors (Lipinski definition) is 1. The van der Waals surface area contributed by atoms with Crippen molar-refractivity contribution < 1.29 is 9.26 Å². The van der Waals surface area contributed by atoms with Crippen molar-refractivity contribution in [3.8, 4) is 0 Å². The second-order valence-corrected chi connectivity index (χ2v) is 7.24. The summed E-state index contributed by atoms with van der Waals surface area (Å²) in [5.41, 5.74) is 0. The fourth-order valence-electron chi connectivity index (χ4n) is 1.62. The van der Waals surface area contributed by atoms with E-state index in [2.05, 4.69) is 29.3 Å². The summed E-state index contributed by atoms with van der Waals surface area (Å²) in [4.78, 5) is 4.39. The van der Waals surface area contributed by atoms with E-state index in [1.807, 2.05) is 23.5 Å². The maximum atomic E-state index is 5.18. The van der Waals surface area contributed by atoms with E-state index < -0.39 is 0 Å². The highest BCUT2D eigenvalue weighted by atomic mass is 32.2. The Labute approximate surface area is 116 Å². The number of nitrogens with zero attached hydrogens (tertiary/aromatic N) is 2. The second kappa shape index (κ2) is 6.68. The molecule has 0 aromatic carbocycles. The lowest BCUT2D eigenvalue weighted by Gasteiger charge is -2.29. The summed E-state index contributed by atoms with van der Waals surface area (Å²) >= 11 is 3.91. The third-order valence-electron chi connectivity index (χ3n) is 2.86. The first-order valence-electron chi connectivity index (χ1n) is 6.04. The topological polar surface area (TPSA) is 60.2 Å². The first-order valence-corrected chi connectivity index (χ1v) is 8.03. The Kier molecular flexibility index (Phi) is 5.20. The van der Waals surface area contributed by atoms with Gasteiger partial charge in [-0.05, 0) is 0 Å². The van der Waals surface area contributed by atoms with Crippen LogP contribution in [-0.2, 0) is 4.74 Å². The van der Waals surface area contributed by atoms with Crippen molar-refractivity contribution >= 4 is 29.5 Å². The monoisotopic (exact) mass is 289 g/mol. The van der Waals surface area contributed by atoms with Gasteiger partial charge in [0.15, 0.2) is 5.82 Å². The van der Waals surface area contributed by atoms with Crippen LogP contribution in [0.4, 0.5) is 6.01 Å². The predicted octanol–water partition coefficient (Wildman–Crippen LogP) is 2.43. The summed E-state index contributed by atoms with van der Waals surface area (Å²) in [5, 5.41) is 8.75. The summed E-state index contributed by atoms with van der Waals surface area (Å²) in [6.07, 6.45) is 0. The van der Waals surface area contributed by atoms with E-state index in [0.29, 0.717) is 34.9 Å². The maximum absolute atomic E-state index is 5.18. The standard InChI is InChI=1S/C11H19N3O2S2/c1-7-8(2)18-9(6-17-7)10-13-11(16-14-10)12-4-5-15-3/h7-9H,4-6H2,1-3H3,(H,12,13,14). The van der Waals surface area contributed by atoms with Gasteiger partial charge in [0.25, 0.3) is 0 Å². The van der Waals surface area contributed by atoms with Gasteiger partial charge in [0.1, 0.15) is 0 Å². The third-order valence-corrected chi connectivity index (χ3v) is 6.25. The minimum atomic E-state index is 0.336. The van der Waals surface area contributed by atoms with Gasteiger partial charge < -0.3 is 14.6 Å². The summed E-state index contributed by atoms with van der Waals surface area (Å²) in [6.45, 7) is 5.83. The summed E-state index contributed by atoms with van der Waals surface area (Å²) in [5.74, 6) is 1.85. The molecule has 1 fully saturated rings. The van der Waals surface area contributed by atoms with Crippen molar-refractivity contribution in [2.45, 2.75) is 29.6 Å². The Balaban J connectivity index is 1.89. The van der Waals surface area contributed by atoms with Crippen LogP contribution in [0.3, 0.4) is 0 Å². The fourth-order valence-corrected chi connectivity index (χ4v) is 4.45. The lowest BCUT2D eigenvalue weighted by molar-refractivity contribution is 0.210. The van der Waals surface area contributed by atoms with Crippen molar-refractivity contribution in [1.29, 1.82) is 0 Å². The Morgan fingerprint density at radius 1 is 1.44 bits per heavy atom. The summed E-state index contributed by atoms with van der Waals surface area (Å²) < 4.78 is 10.1. The van der Waals surface area contributed by atoms with Crippen LogP contribution in [0.25, 0.3) is 0 Å². The Bertz CT molecular complexity index is 375. The van der Waals surface area contributed by atoms with Crippen LogP contribution in [0.5, 0.6) is 0 Å². The minimum absolute atomic E-state index is 0.336. The molecule has 0 spiro atoms. The molecule has 7 heteroatoms. The zero-order chi connectivity index (χ0) is 13.0. The number of nitrogens with one attached hydrogen (secondary N) is 1. The van der Waals surface area contributed by atoms with Crippen LogP contribution in [0.1, 0.15) is 24.9 Å². The maximum Gasteiger partial charge on any atom is 0.321 e. The second-order valence-electron chi connectivity index (χ2n) is 4.25. The van der Waals surface area contributed by atoms with E-state index in [1.165, 1.54) is 0 Å². The first-order chi connectivity index (χ1) is 8.70. The smallest absolute Gasteiger partial charge is 0.321 e. The predicted molar refractivity (Wildman–Crippen MR) is 76.4 cm³/mol. The van der Waals surface area contributed by atoms with E-state index in [-0.39, 0.29) is 0 Å². The Morgan fingerprint density at radius 2 is 2.28 bits per heavy atom. The lowest BCUT2D eigenvalue weighted by Crippen LogP contribution is -2.22. The van der Waals surface area contributed by atoms with E-state index in [1.54, 1.807) is 7.11 Å². The molecule has 2 heterocycles. The van der Waals surface area contributed by atoms with Gasteiger partial charge >= 0.3 is 6.01 Å². The number of ether oxygens (including phenoxy) is 1. The quantitative estimate of drug-likeness (QED) is 0.835. The number of rotatable bonds is 5. The highest BCUT2D eigenvalue weighted by molar-refractivity contribution is 8.07. The highest BCUT2D eigenvalue weighted by Gasteiger charge is 2.29. The molecule has 0 bridgehead atoms. The molecule has 102 valence electrons. The van der Waals surface area contributed by atoms with E-state index >= 15 is 0 Å². The molecule has 1 aliphatic heterocycles. The highest BCUT2D eigenvalue weighted by Crippen LogP contribution is 2.43. The van der Waals surface area contributed by atoms with Crippen molar-refractivity contribution in [3.63, 3.8) is 0 Å². The molecule has 1 aromatic heterocycles. The van der Waals surface area contributed by atoms with Crippen LogP contribution < -0.4 is 5.32 Å². The molecule has 1 aliphatic rings. The molecule has 0 saturated carbocycles. The largest absolute Gasteiger partial charge is 0.383 e. The Hall–Kier alpha value is -0.400. The number of aromatic nitrogens is 2. The number of thioether (sulfide) groups is 2. The number of hydrogen-bond acceptors (Lipinski definition) is 7. The molecule has 0 aliphatic carbocycles. The van der Waals surface area contributed by atoms with Gasteiger partial charge in [-0.2, -0.15) is 16.7 Å². The minimum Gasteiger partial charge on any atom is -0.383 e. The van der Waals surface area contributed by atoms with Gasteiger partial charge in [-0.3, -0.25) is 0 Å². The number of methoxy groups -OCH3 is 1. The van der Waals surface area contributed by atoms with Crippen molar-refractivity contribution in [2.75, 3.05) is 31.3 Å². The van der Waals surface area contributed by atoms with Crippen LogP contribution >= 0.6 is 23.5 Å². The molecular formula is C11H19N3O2S2. The third kappa shape index (κ3) is 3.55. The summed E-state index contributed by atoms with van der Waals surface area (Å²) in [7, 11) is 1.67. The van der Waals surface area contributed by atoms with Gasteiger partial charge in [0, 0.05) is 29.9 Å². The number of anilines is 1. The van der Waals surface area contributed by atoms with E-state index in [0.717, 1.165) is 11.6 Å².